The lowest BCUT2D eigenvalue weighted by Gasteiger charge is -2.22. The van der Waals surface area contributed by atoms with Gasteiger partial charge in [-0.1, -0.05) is 76.6 Å². The topological polar surface area (TPSA) is 92.6 Å². The molecule has 1 N–H and O–H groups in total. The van der Waals surface area contributed by atoms with E-state index in [0.717, 1.165) is 5.56 Å². The van der Waals surface area contributed by atoms with E-state index in [1.807, 2.05) is 24.3 Å². The van der Waals surface area contributed by atoms with Gasteiger partial charge in [-0.3, -0.25) is 14.5 Å². The van der Waals surface area contributed by atoms with Crippen LogP contribution >= 0.6 is 46.3 Å². The highest BCUT2D eigenvalue weighted by Crippen LogP contribution is 2.44. The predicted molar refractivity (Wildman–Crippen MR) is 150 cm³/mol. The average molecular weight is 585 g/mol. The molecule has 1 aromatic heterocycles. The molecule has 1 unspecified atom stereocenters. The summed E-state index contributed by atoms with van der Waals surface area (Å²) >= 11 is 15.0. The van der Waals surface area contributed by atoms with E-state index < -0.39 is 17.7 Å². The Hall–Kier alpha value is -3.37. The summed E-state index contributed by atoms with van der Waals surface area (Å²) in [4.78, 5) is 27.9. The molecule has 0 saturated carbocycles. The molecule has 1 atom stereocenters. The van der Waals surface area contributed by atoms with Crippen LogP contribution in [0.1, 0.15) is 22.7 Å². The number of aliphatic hydroxyl groups excluding tert-OH is 1. The van der Waals surface area contributed by atoms with Crippen LogP contribution in [-0.2, 0) is 15.3 Å². The number of nitrogens with zero attached hydrogens (tertiary/aromatic N) is 3. The van der Waals surface area contributed by atoms with Crippen LogP contribution in [0, 0.1) is 0 Å². The maximum atomic E-state index is 13.3. The Morgan fingerprint density at radius 2 is 1.74 bits per heavy atom. The van der Waals surface area contributed by atoms with Gasteiger partial charge in [0.15, 0.2) is 4.34 Å². The number of aliphatic hydroxyl groups is 1. The first-order valence-electron chi connectivity index (χ1n) is 11.3. The van der Waals surface area contributed by atoms with Gasteiger partial charge in [0.1, 0.15) is 11.5 Å². The molecule has 38 heavy (non-hydrogen) atoms. The highest BCUT2D eigenvalue weighted by Gasteiger charge is 2.48. The zero-order chi connectivity index (χ0) is 26.8. The molecule has 0 bridgehead atoms. The van der Waals surface area contributed by atoms with Crippen molar-refractivity contribution in [3.8, 4) is 5.75 Å². The van der Waals surface area contributed by atoms with Crippen LogP contribution in [0.2, 0.25) is 10.0 Å². The first-order chi connectivity index (χ1) is 18.4. The third kappa shape index (κ3) is 5.15. The number of methoxy groups -OCH3 is 1. The quantitative estimate of drug-likeness (QED) is 0.0843. The van der Waals surface area contributed by atoms with Crippen LogP contribution in [0.25, 0.3) is 5.76 Å². The van der Waals surface area contributed by atoms with E-state index in [9.17, 15) is 14.7 Å². The molecule has 0 aliphatic carbocycles. The Balaban J connectivity index is 1.53. The van der Waals surface area contributed by atoms with Crippen molar-refractivity contribution in [3.05, 3.63) is 105 Å². The number of carbonyl (C=O) groups excluding carboxylic acids is 2. The second kappa shape index (κ2) is 11.2. The van der Waals surface area contributed by atoms with E-state index in [0.29, 0.717) is 37.0 Å². The smallest absolute Gasteiger partial charge is 0.301 e. The number of carbonyl (C=O) groups is 2. The Bertz CT molecular complexity index is 1540. The molecule has 1 amide bonds. The number of thioether (sulfide) groups is 1. The molecule has 5 rings (SSSR count). The third-order valence-electron chi connectivity index (χ3n) is 5.90. The Labute approximate surface area is 236 Å². The van der Waals surface area contributed by atoms with Crippen molar-refractivity contribution in [1.29, 1.82) is 0 Å². The summed E-state index contributed by atoms with van der Waals surface area (Å²) in [5, 5.41) is 21.1. The molecule has 11 heteroatoms. The lowest BCUT2D eigenvalue weighted by atomic mass is 9.95. The highest BCUT2D eigenvalue weighted by molar-refractivity contribution is 8.00. The van der Waals surface area contributed by atoms with E-state index in [4.69, 9.17) is 27.9 Å². The summed E-state index contributed by atoms with van der Waals surface area (Å²) < 4.78 is 5.79. The number of aromatic nitrogens is 2. The fourth-order valence-electron chi connectivity index (χ4n) is 4.01. The molecule has 4 aromatic rings. The van der Waals surface area contributed by atoms with E-state index in [-0.39, 0.29) is 16.5 Å². The van der Waals surface area contributed by atoms with Gasteiger partial charge in [0.25, 0.3) is 5.78 Å². The van der Waals surface area contributed by atoms with Gasteiger partial charge in [0, 0.05) is 21.4 Å². The third-order valence-corrected chi connectivity index (χ3v) is 8.63. The molecule has 3 aromatic carbocycles. The minimum atomic E-state index is -0.927. The highest BCUT2D eigenvalue weighted by atomic mass is 35.5. The van der Waals surface area contributed by atoms with Crippen LogP contribution < -0.4 is 9.64 Å². The van der Waals surface area contributed by atoms with Gasteiger partial charge in [-0.25, -0.2) is 0 Å². The second-order valence-electron chi connectivity index (χ2n) is 8.18. The van der Waals surface area contributed by atoms with Gasteiger partial charge in [-0.2, -0.15) is 0 Å². The number of halogens is 2. The summed E-state index contributed by atoms with van der Waals surface area (Å²) in [6.45, 7) is 0. The normalized spacial score (nSPS) is 16.7. The minimum absolute atomic E-state index is 0.0528. The van der Waals surface area contributed by atoms with Gasteiger partial charge in [0.05, 0.1) is 18.7 Å². The summed E-state index contributed by atoms with van der Waals surface area (Å²) in [7, 11) is 1.53. The first kappa shape index (κ1) is 26.2. The van der Waals surface area contributed by atoms with Crippen LogP contribution in [0.15, 0.2) is 82.7 Å². The van der Waals surface area contributed by atoms with E-state index in [1.165, 1.54) is 35.1 Å². The number of ketones is 1. The summed E-state index contributed by atoms with van der Waals surface area (Å²) in [6.07, 6.45) is 0. The summed E-state index contributed by atoms with van der Waals surface area (Å²) in [5.74, 6) is -0.777. The predicted octanol–water partition coefficient (Wildman–Crippen LogP) is 6.77. The molecule has 1 saturated heterocycles. The Morgan fingerprint density at radius 1 is 1.03 bits per heavy atom. The maximum Gasteiger partial charge on any atom is 0.301 e. The van der Waals surface area contributed by atoms with Crippen LogP contribution in [0.4, 0.5) is 5.13 Å². The van der Waals surface area contributed by atoms with Crippen molar-refractivity contribution < 1.29 is 19.4 Å². The zero-order valence-corrected chi connectivity index (χ0v) is 22.9. The SMILES string of the molecule is COc1ccc(/C(O)=C2/C(=O)C(=O)N(c3nnc(SCc4ccccc4Cl)s3)C2c2ccc(Cl)cc2)cc1. The van der Waals surface area contributed by atoms with Gasteiger partial charge in [-0.05, 0) is 53.6 Å². The number of hydrogen-bond donors (Lipinski definition) is 1. The van der Waals surface area contributed by atoms with Gasteiger partial charge < -0.3 is 9.84 Å². The number of rotatable bonds is 7. The number of amides is 1. The number of hydrogen-bond acceptors (Lipinski definition) is 8. The van der Waals surface area contributed by atoms with Crippen molar-refractivity contribution in [2.24, 2.45) is 0 Å². The van der Waals surface area contributed by atoms with E-state index in [2.05, 4.69) is 10.2 Å². The summed E-state index contributed by atoms with van der Waals surface area (Å²) in [6, 6.07) is 19.9. The van der Waals surface area contributed by atoms with Crippen molar-refractivity contribution in [2.75, 3.05) is 12.0 Å². The Morgan fingerprint density at radius 3 is 2.42 bits per heavy atom. The number of benzene rings is 3. The lowest BCUT2D eigenvalue weighted by molar-refractivity contribution is -0.132. The molecular weight excluding hydrogens is 565 g/mol. The summed E-state index contributed by atoms with van der Waals surface area (Å²) in [5.41, 5.74) is 1.85. The second-order valence-corrected chi connectivity index (χ2v) is 11.2. The van der Waals surface area contributed by atoms with Gasteiger partial charge >= 0.3 is 5.91 Å². The lowest BCUT2D eigenvalue weighted by Crippen LogP contribution is -2.29. The number of anilines is 1. The molecule has 7 nitrogen and oxygen atoms in total. The molecule has 1 aliphatic heterocycles. The monoisotopic (exact) mass is 583 g/mol. The molecular formula is C27H19Cl2N3O4S2. The van der Waals surface area contributed by atoms with E-state index in [1.54, 1.807) is 48.5 Å². The molecule has 1 aliphatic rings. The van der Waals surface area contributed by atoms with E-state index >= 15 is 0 Å². The number of Topliss-reactive ketones (excluding diaryl/α,β-unsaturated/α-hetero) is 1. The van der Waals surface area contributed by atoms with Crippen molar-refractivity contribution in [3.63, 3.8) is 0 Å². The molecule has 2 heterocycles. The van der Waals surface area contributed by atoms with Crippen LogP contribution in [-0.4, -0.2) is 34.1 Å². The molecule has 0 spiro atoms. The first-order valence-corrected chi connectivity index (χ1v) is 13.8. The fourth-order valence-corrected chi connectivity index (χ4v) is 6.29. The zero-order valence-electron chi connectivity index (χ0n) is 19.8. The van der Waals surface area contributed by atoms with Crippen molar-refractivity contribution >= 4 is 68.9 Å². The standard InChI is InChI=1S/C27H19Cl2N3O4S2/c1-36-19-12-8-16(9-13-19)23(33)21-22(15-6-10-18(28)11-7-15)32(25(35)24(21)34)26-30-31-27(38-26)37-14-17-4-2-3-5-20(17)29/h2-13,22,33H,14H2,1H3/b23-21-. The maximum absolute atomic E-state index is 13.3. The van der Waals surface area contributed by atoms with Crippen molar-refractivity contribution in [1.82, 2.24) is 10.2 Å². The van der Waals surface area contributed by atoms with Gasteiger partial charge in [-0.15, -0.1) is 10.2 Å². The fraction of sp³-hybridized carbons (Fsp3) is 0.111. The minimum Gasteiger partial charge on any atom is -0.507 e. The molecule has 1 fully saturated rings. The Kier molecular flexibility index (Phi) is 7.71. The molecule has 0 radical (unpaired) electrons. The van der Waals surface area contributed by atoms with Gasteiger partial charge in [0.2, 0.25) is 5.13 Å². The number of ether oxygens (including phenoxy) is 1. The molecule has 192 valence electrons. The van der Waals surface area contributed by atoms with Crippen LogP contribution in [0.3, 0.4) is 0 Å². The largest absolute Gasteiger partial charge is 0.507 e. The van der Waals surface area contributed by atoms with Crippen LogP contribution in [0.5, 0.6) is 5.75 Å². The van der Waals surface area contributed by atoms with Crippen molar-refractivity contribution in [2.45, 2.75) is 16.1 Å². The average Bonchev–Trinajstić information content (AvgIpc) is 3.50.